The average Bonchev–Trinajstić information content (AvgIpc) is 2.26. The lowest BCUT2D eigenvalue weighted by Crippen LogP contribution is -2.25. The lowest BCUT2D eigenvalue weighted by Gasteiger charge is -2.13. The van der Waals surface area contributed by atoms with Crippen molar-refractivity contribution >= 4 is 5.97 Å². The Morgan fingerprint density at radius 1 is 1.19 bits per heavy atom. The van der Waals surface area contributed by atoms with Crippen molar-refractivity contribution in [2.24, 2.45) is 0 Å². The molecule has 0 aliphatic heterocycles. The zero-order valence-electron chi connectivity index (χ0n) is 10.4. The molecule has 16 heavy (non-hydrogen) atoms. The highest BCUT2D eigenvalue weighted by atomic mass is 16.5. The Bertz CT molecular complexity index is 170. The summed E-state index contributed by atoms with van der Waals surface area (Å²) in [5, 5.41) is 8.91. The molecule has 0 aromatic carbocycles. The first-order valence-corrected chi connectivity index (χ1v) is 6.05. The summed E-state index contributed by atoms with van der Waals surface area (Å²) in [5.41, 5.74) is 0. The first kappa shape index (κ1) is 15.4. The van der Waals surface area contributed by atoms with Gasteiger partial charge in [-0.3, -0.25) is 0 Å². The van der Waals surface area contributed by atoms with Crippen LogP contribution in [-0.2, 0) is 14.3 Å². The average molecular weight is 232 g/mol. The molecule has 96 valence electrons. The highest BCUT2D eigenvalue weighted by molar-refractivity contribution is 5.72. The zero-order chi connectivity index (χ0) is 12.2. The van der Waals surface area contributed by atoms with Crippen molar-refractivity contribution in [3.63, 3.8) is 0 Å². The zero-order valence-corrected chi connectivity index (χ0v) is 10.4. The number of unbranched alkanes of at least 4 members (excludes halogenated alkanes) is 4. The minimum atomic E-state index is -0.869. The van der Waals surface area contributed by atoms with Crippen LogP contribution in [0.2, 0.25) is 0 Å². The van der Waals surface area contributed by atoms with Gasteiger partial charge in [-0.25, -0.2) is 4.79 Å². The maximum Gasteiger partial charge on any atom is 0.332 e. The molecule has 0 radical (unpaired) electrons. The molecular weight excluding hydrogens is 208 g/mol. The lowest BCUT2D eigenvalue weighted by molar-refractivity contribution is -0.151. The van der Waals surface area contributed by atoms with Crippen molar-refractivity contribution in [3.05, 3.63) is 0 Å². The van der Waals surface area contributed by atoms with E-state index in [1.807, 2.05) is 0 Å². The molecule has 0 aliphatic rings. The fourth-order valence-corrected chi connectivity index (χ4v) is 1.49. The van der Waals surface area contributed by atoms with Crippen LogP contribution in [0.3, 0.4) is 0 Å². The second-order valence-corrected chi connectivity index (χ2v) is 3.89. The van der Waals surface area contributed by atoms with Gasteiger partial charge in [-0.2, -0.15) is 0 Å². The van der Waals surface area contributed by atoms with Crippen molar-refractivity contribution < 1.29 is 19.4 Å². The maximum absolute atomic E-state index is 10.8. The first-order valence-electron chi connectivity index (χ1n) is 6.05. The summed E-state index contributed by atoms with van der Waals surface area (Å²) < 4.78 is 10.0. The number of hydrogen-bond acceptors (Lipinski definition) is 3. The second-order valence-electron chi connectivity index (χ2n) is 3.89. The fraction of sp³-hybridized carbons (Fsp3) is 0.917. The molecule has 0 bridgehead atoms. The Morgan fingerprint density at radius 3 is 2.44 bits per heavy atom. The van der Waals surface area contributed by atoms with E-state index in [4.69, 9.17) is 14.6 Å². The van der Waals surface area contributed by atoms with Gasteiger partial charge in [0.25, 0.3) is 0 Å². The first-order chi connectivity index (χ1) is 7.72. The smallest absolute Gasteiger partial charge is 0.332 e. The molecule has 0 rings (SSSR count). The number of rotatable bonds is 11. The summed E-state index contributed by atoms with van der Waals surface area (Å²) >= 11 is 0. The molecule has 1 unspecified atom stereocenters. The summed E-state index contributed by atoms with van der Waals surface area (Å²) in [6, 6.07) is 0. The molecule has 1 atom stereocenters. The van der Waals surface area contributed by atoms with Crippen LogP contribution >= 0.6 is 0 Å². The van der Waals surface area contributed by atoms with Crippen LogP contribution in [0.5, 0.6) is 0 Å². The van der Waals surface area contributed by atoms with E-state index in [-0.39, 0.29) is 0 Å². The summed E-state index contributed by atoms with van der Waals surface area (Å²) in [5.74, 6) is -0.869. The Kier molecular flexibility index (Phi) is 10.5. The van der Waals surface area contributed by atoms with Gasteiger partial charge in [-0.1, -0.05) is 39.0 Å². The number of ether oxygens (including phenoxy) is 2. The van der Waals surface area contributed by atoms with Gasteiger partial charge in [-0.15, -0.1) is 0 Å². The van der Waals surface area contributed by atoms with Crippen molar-refractivity contribution in [1.82, 2.24) is 0 Å². The molecule has 0 aromatic heterocycles. The quantitative estimate of drug-likeness (QED) is 0.556. The minimum Gasteiger partial charge on any atom is -0.479 e. The van der Waals surface area contributed by atoms with Crippen molar-refractivity contribution in [2.45, 2.75) is 51.6 Å². The summed E-state index contributed by atoms with van der Waals surface area (Å²) in [7, 11) is 1.57. The molecule has 0 spiro atoms. The van der Waals surface area contributed by atoms with Gasteiger partial charge in [0.05, 0.1) is 13.2 Å². The molecular formula is C12H24O4. The summed E-state index contributed by atoms with van der Waals surface area (Å²) in [6.45, 7) is 2.95. The number of aliphatic carboxylic acids is 1. The van der Waals surface area contributed by atoms with Crippen LogP contribution in [0.25, 0.3) is 0 Å². The molecule has 0 aliphatic carbocycles. The van der Waals surface area contributed by atoms with E-state index in [9.17, 15) is 4.79 Å². The van der Waals surface area contributed by atoms with E-state index in [0.29, 0.717) is 19.6 Å². The Balaban J connectivity index is 3.56. The van der Waals surface area contributed by atoms with Gasteiger partial charge in [-0.05, 0) is 6.42 Å². The Hall–Kier alpha value is -0.610. The Morgan fingerprint density at radius 2 is 1.88 bits per heavy atom. The highest BCUT2D eigenvalue weighted by Crippen LogP contribution is 2.09. The van der Waals surface area contributed by atoms with Crippen LogP contribution in [0, 0.1) is 0 Å². The van der Waals surface area contributed by atoms with E-state index in [0.717, 1.165) is 12.8 Å². The molecule has 4 heteroatoms. The maximum atomic E-state index is 10.8. The molecule has 4 nitrogen and oxygen atoms in total. The molecule has 1 N–H and O–H groups in total. The third kappa shape index (κ3) is 8.68. The minimum absolute atomic E-state index is 0.350. The molecule has 0 aromatic rings. The van der Waals surface area contributed by atoms with Gasteiger partial charge < -0.3 is 14.6 Å². The van der Waals surface area contributed by atoms with Crippen LogP contribution in [-0.4, -0.2) is 37.5 Å². The molecule has 0 fully saturated rings. The third-order valence-electron chi connectivity index (χ3n) is 2.45. The van der Waals surface area contributed by atoms with Gasteiger partial charge in [0.2, 0.25) is 0 Å². The van der Waals surface area contributed by atoms with Gasteiger partial charge >= 0.3 is 5.97 Å². The number of hydrogen-bond donors (Lipinski definition) is 1. The second kappa shape index (κ2) is 10.9. The van der Waals surface area contributed by atoms with Crippen LogP contribution in [0.15, 0.2) is 0 Å². The van der Waals surface area contributed by atoms with Crippen LogP contribution in [0.4, 0.5) is 0 Å². The van der Waals surface area contributed by atoms with Crippen molar-refractivity contribution in [1.29, 1.82) is 0 Å². The Labute approximate surface area is 97.9 Å². The largest absolute Gasteiger partial charge is 0.479 e. The SMILES string of the molecule is CCCCCCCC(OCCOC)C(=O)O. The van der Waals surface area contributed by atoms with E-state index in [2.05, 4.69) is 6.92 Å². The summed E-state index contributed by atoms with van der Waals surface area (Å²) in [6.07, 6.45) is 5.55. The molecule has 0 saturated carbocycles. The van der Waals surface area contributed by atoms with Gasteiger partial charge in [0.15, 0.2) is 6.10 Å². The third-order valence-corrected chi connectivity index (χ3v) is 2.45. The fourth-order valence-electron chi connectivity index (χ4n) is 1.49. The summed E-state index contributed by atoms with van der Waals surface area (Å²) in [4.78, 5) is 10.8. The van der Waals surface area contributed by atoms with Crippen molar-refractivity contribution in [3.8, 4) is 0 Å². The van der Waals surface area contributed by atoms with E-state index < -0.39 is 12.1 Å². The number of methoxy groups -OCH3 is 1. The van der Waals surface area contributed by atoms with Crippen LogP contribution < -0.4 is 0 Å². The van der Waals surface area contributed by atoms with E-state index in [1.54, 1.807) is 7.11 Å². The topological polar surface area (TPSA) is 55.8 Å². The molecule has 0 heterocycles. The number of carboxylic acid groups (broad SMARTS) is 1. The normalized spacial score (nSPS) is 12.6. The van der Waals surface area contributed by atoms with Gasteiger partial charge in [0, 0.05) is 7.11 Å². The molecule has 0 saturated heterocycles. The number of carboxylic acids is 1. The highest BCUT2D eigenvalue weighted by Gasteiger charge is 2.16. The predicted octanol–water partition coefficient (Wildman–Crippen LogP) is 2.46. The molecule has 0 amide bonds. The lowest BCUT2D eigenvalue weighted by atomic mass is 10.1. The van der Waals surface area contributed by atoms with Gasteiger partial charge in [0.1, 0.15) is 0 Å². The van der Waals surface area contributed by atoms with Crippen LogP contribution in [0.1, 0.15) is 45.4 Å². The van der Waals surface area contributed by atoms with E-state index in [1.165, 1.54) is 19.3 Å². The number of carbonyl (C=O) groups is 1. The predicted molar refractivity (Wildman–Crippen MR) is 62.6 cm³/mol. The standard InChI is InChI=1S/C12H24O4/c1-3-4-5-6-7-8-11(12(13)14)16-10-9-15-2/h11H,3-10H2,1-2H3,(H,13,14). The monoisotopic (exact) mass is 232 g/mol. The van der Waals surface area contributed by atoms with E-state index >= 15 is 0 Å². The van der Waals surface area contributed by atoms with Crippen molar-refractivity contribution in [2.75, 3.05) is 20.3 Å².